The first-order valence-corrected chi connectivity index (χ1v) is 11.1. The van der Waals surface area contributed by atoms with E-state index in [0.717, 1.165) is 33.3 Å². The molecule has 1 amide bonds. The molecule has 1 unspecified atom stereocenters. The van der Waals surface area contributed by atoms with E-state index in [9.17, 15) is 9.18 Å². The number of aromatic nitrogens is 3. The maximum atomic E-state index is 14.2. The second-order valence-electron chi connectivity index (χ2n) is 7.65. The van der Waals surface area contributed by atoms with Crippen molar-refractivity contribution in [2.45, 2.75) is 32.7 Å². The van der Waals surface area contributed by atoms with Gasteiger partial charge in [-0.2, -0.15) is 0 Å². The highest BCUT2D eigenvalue weighted by Crippen LogP contribution is 2.29. The average Bonchev–Trinajstić information content (AvgIpc) is 3.35. The van der Waals surface area contributed by atoms with Gasteiger partial charge in [0.05, 0.1) is 26.8 Å². The van der Waals surface area contributed by atoms with Gasteiger partial charge in [0, 0.05) is 25.3 Å². The number of halogens is 1. The number of hydrogen-bond donors (Lipinski definition) is 2. The van der Waals surface area contributed by atoms with Crippen LogP contribution in [0, 0.1) is 19.7 Å². The summed E-state index contributed by atoms with van der Waals surface area (Å²) in [6.45, 7) is 5.68. The SMILES string of the molecule is Cc1nc(C)c(-c2ccnc(N3CCC(NC(=O)c4cc(CCN)ccc4F)C3)n2)s1. The fraction of sp³-hybridized carbons (Fsp3) is 0.364. The van der Waals surface area contributed by atoms with Gasteiger partial charge >= 0.3 is 0 Å². The molecule has 3 aromatic rings. The number of amides is 1. The van der Waals surface area contributed by atoms with Gasteiger partial charge in [-0.15, -0.1) is 11.3 Å². The molecule has 3 N–H and O–H groups in total. The summed E-state index contributed by atoms with van der Waals surface area (Å²) in [6.07, 6.45) is 3.09. The lowest BCUT2D eigenvalue weighted by Gasteiger charge is -2.17. The smallest absolute Gasteiger partial charge is 0.254 e. The largest absolute Gasteiger partial charge is 0.347 e. The molecule has 3 heterocycles. The van der Waals surface area contributed by atoms with Crippen molar-refractivity contribution in [1.82, 2.24) is 20.3 Å². The van der Waals surface area contributed by atoms with Crippen LogP contribution in [-0.4, -0.2) is 46.5 Å². The Bertz CT molecular complexity index is 1100. The van der Waals surface area contributed by atoms with Crippen LogP contribution in [0.1, 0.15) is 33.0 Å². The van der Waals surface area contributed by atoms with Crippen molar-refractivity contribution in [3.63, 3.8) is 0 Å². The van der Waals surface area contributed by atoms with Gasteiger partial charge in [-0.1, -0.05) is 6.07 Å². The maximum absolute atomic E-state index is 14.2. The van der Waals surface area contributed by atoms with Gasteiger partial charge in [0.25, 0.3) is 5.91 Å². The van der Waals surface area contributed by atoms with Crippen LogP contribution in [0.25, 0.3) is 10.6 Å². The van der Waals surface area contributed by atoms with E-state index in [4.69, 9.17) is 10.7 Å². The van der Waals surface area contributed by atoms with Gasteiger partial charge in [0.2, 0.25) is 5.95 Å². The van der Waals surface area contributed by atoms with Crippen LogP contribution in [0.15, 0.2) is 30.5 Å². The first-order valence-electron chi connectivity index (χ1n) is 10.3. The first-order chi connectivity index (χ1) is 14.9. The normalized spacial score (nSPS) is 16.0. The molecular weight excluding hydrogens is 415 g/mol. The minimum Gasteiger partial charge on any atom is -0.347 e. The monoisotopic (exact) mass is 440 g/mol. The number of nitrogens with zero attached hydrogens (tertiary/aromatic N) is 4. The van der Waals surface area contributed by atoms with Gasteiger partial charge in [-0.05, 0) is 57.0 Å². The molecule has 1 aromatic carbocycles. The predicted molar refractivity (Wildman–Crippen MR) is 120 cm³/mol. The molecule has 1 fully saturated rings. The number of thiazole rings is 1. The molecular formula is C22H25FN6OS. The fourth-order valence-electron chi connectivity index (χ4n) is 3.79. The summed E-state index contributed by atoms with van der Waals surface area (Å²) in [7, 11) is 0. The molecule has 1 atom stereocenters. The minimum absolute atomic E-state index is 0.0543. The molecule has 162 valence electrons. The van der Waals surface area contributed by atoms with Gasteiger partial charge in [-0.25, -0.2) is 19.3 Å². The Morgan fingerprint density at radius 1 is 1.32 bits per heavy atom. The number of aryl methyl sites for hydroxylation is 2. The van der Waals surface area contributed by atoms with Gasteiger partial charge < -0.3 is 16.0 Å². The quantitative estimate of drug-likeness (QED) is 0.612. The summed E-state index contributed by atoms with van der Waals surface area (Å²) in [5, 5.41) is 3.95. The summed E-state index contributed by atoms with van der Waals surface area (Å²) in [5.74, 6) is -0.316. The van der Waals surface area contributed by atoms with Crippen molar-refractivity contribution in [3.05, 3.63) is 58.1 Å². The fourth-order valence-corrected chi connectivity index (χ4v) is 4.68. The van der Waals surface area contributed by atoms with Gasteiger partial charge in [0.15, 0.2) is 0 Å². The van der Waals surface area contributed by atoms with E-state index >= 15 is 0 Å². The highest BCUT2D eigenvalue weighted by Gasteiger charge is 2.27. The average molecular weight is 441 g/mol. The first kappa shape index (κ1) is 21.3. The van der Waals surface area contributed by atoms with Crippen molar-refractivity contribution >= 4 is 23.2 Å². The summed E-state index contributed by atoms with van der Waals surface area (Å²) in [4.78, 5) is 29.3. The van der Waals surface area contributed by atoms with Crippen LogP contribution in [0.3, 0.4) is 0 Å². The zero-order chi connectivity index (χ0) is 22.0. The Morgan fingerprint density at radius 3 is 2.90 bits per heavy atom. The topological polar surface area (TPSA) is 97.0 Å². The second-order valence-corrected chi connectivity index (χ2v) is 8.85. The number of benzene rings is 1. The van der Waals surface area contributed by atoms with Crippen molar-refractivity contribution in [1.29, 1.82) is 0 Å². The number of nitrogens with two attached hydrogens (primary N) is 1. The third-order valence-corrected chi connectivity index (χ3v) is 6.39. The van der Waals surface area contributed by atoms with E-state index in [1.54, 1.807) is 29.7 Å². The molecule has 9 heteroatoms. The highest BCUT2D eigenvalue weighted by molar-refractivity contribution is 7.15. The molecule has 4 rings (SSSR count). The Morgan fingerprint density at radius 2 is 2.16 bits per heavy atom. The molecule has 0 saturated carbocycles. The highest BCUT2D eigenvalue weighted by atomic mass is 32.1. The number of carbonyl (C=O) groups excluding carboxylic acids is 1. The second kappa shape index (κ2) is 9.07. The molecule has 7 nitrogen and oxygen atoms in total. The van der Waals surface area contributed by atoms with E-state index < -0.39 is 11.7 Å². The van der Waals surface area contributed by atoms with Crippen molar-refractivity contribution in [2.24, 2.45) is 5.73 Å². The van der Waals surface area contributed by atoms with Gasteiger partial charge in [-0.3, -0.25) is 4.79 Å². The summed E-state index contributed by atoms with van der Waals surface area (Å²) in [6, 6.07) is 6.34. The lowest BCUT2D eigenvalue weighted by Crippen LogP contribution is -2.37. The minimum atomic E-state index is -0.528. The van der Waals surface area contributed by atoms with Crippen molar-refractivity contribution in [3.8, 4) is 10.6 Å². The third-order valence-electron chi connectivity index (χ3n) is 5.29. The van der Waals surface area contributed by atoms with E-state index in [2.05, 4.69) is 15.3 Å². The molecule has 1 aliphatic rings. The summed E-state index contributed by atoms with van der Waals surface area (Å²) >= 11 is 1.61. The van der Waals surface area contributed by atoms with Crippen LogP contribution in [0.4, 0.5) is 10.3 Å². The molecule has 0 radical (unpaired) electrons. The third kappa shape index (κ3) is 4.72. The van der Waals surface area contributed by atoms with E-state index in [1.165, 1.54) is 6.07 Å². The summed E-state index contributed by atoms with van der Waals surface area (Å²) < 4.78 is 14.2. The molecule has 2 aromatic heterocycles. The Kier molecular flexibility index (Phi) is 6.24. The van der Waals surface area contributed by atoms with Crippen LogP contribution >= 0.6 is 11.3 Å². The van der Waals surface area contributed by atoms with Crippen LogP contribution in [-0.2, 0) is 6.42 Å². The van der Waals surface area contributed by atoms with Crippen LogP contribution in [0.5, 0.6) is 0 Å². The van der Waals surface area contributed by atoms with Crippen molar-refractivity contribution in [2.75, 3.05) is 24.5 Å². The Balaban J connectivity index is 1.44. The molecule has 31 heavy (non-hydrogen) atoms. The van der Waals surface area contributed by atoms with E-state index in [0.29, 0.717) is 32.0 Å². The van der Waals surface area contributed by atoms with Gasteiger partial charge in [0.1, 0.15) is 5.82 Å². The molecule has 1 saturated heterocycles. The van der Waals surface area contributed by atoms with Crippen LogP contribution in [0.2, 0.25) is 0 Å². The number of nitrogens with one attached hydrogen (secondary N) is 1. The standard InChI is InChI=1S/C22H25FN6OS/c1-13-20(31-14(2)26-13)19-6-9-25-22(28-19)29-10-7-16(12-29)27-21(30)17-11-15(5-8-24)3-4-18(17)23/h3-4,6,9,11,16H,5,7-8,10,12,24H2,1-2H3,(H,27,30). The van der Waals surface area contributed by atoms with Crippen molar-refractivity contribution < 1.29 is 9.18 Å². The van der Waals surface area contributed by atoms with Crippen LogP contribution < -0.4 is 16.0 Å². The lowest BCUT2D eigenvalue weighted by molar-refractivity contribution is 0.0936. The zero-order valence-corrected chi connectivity index (χ0v) is 18.4. The van der Waals surface area contributed by atoms with E-state index in [-0.39, 0.29) is 11.6 Å². The summed E-state index contributed by atoms with van der Waals surface area (Å²) in [5.41, 5.74) is 8.28. The lowest BCUT2D eigenvalue weighted by atomic mass is 10.1. The number of anilines is 1. The molecule has 1 aliphatic heterocycles. The maximum Gasteiger partial charge on any atom is 0.254 e. The Hall–Kier alpha value is -2.91. The number of hydrogen-bond acceptors (Lipinski definition) is 7. The van der Waals surface area contributed by atoms with E-state index in [1.807, 2.05) is 24.8 Å². The molecule has 0 spiro atoms. The number of rotatable bonds is 6. The number of carbonyl (C=O) groups is 1. The molecule has 0 aliphatic carbocycles. The predicted octanol–water partition coefficient (Wildman–Crippen LogP) is 2.87. The Labute approximate surface area is 184 Å². The zero-order valence-electron chi connectivity index (χ0n) is 17.6. The molecule has 0 bridgehead atoms.